The Hall–Kier alpha value is -1.17. The summed E-state index contributed by atoms with van der Waals surface area (Å²) in [5.41, 5.74) is 20.1. The molecule has 9 N–H and O–H groups in total. The van der Waals surface area contributed by atoms with Crippen molar-refractivity contribution in [3.63, 3.8) is 0 Å². The molecule has 0 aliphatic carbocycles. The van der Waals surface area contributed by atoms with Gasteiger partial charge in [-0.25, -0.2) is 0 Å². The van der Waals surface area contributed by atoms with E-state index in [0.29, 0.717) is 0 Å². The molecule has 0 aromatic carbocycles. The largest absolute Gasteiger partial charge is 0.353 e. The maximum Gasteiger partial charge on any atom is 0.302 e. The molecule has 7 heteroatoms. The normalized spacial score (nSPS) is 11.4. The van der Waals surface area contributed by atoms with Crippen LogP contribution in [0.25, 0.3) is 0 Å². The first-order valence-corrected chi connectivity index (χ1v) is 2.83. The zero-order chi connectivity index (χ0) is 9.83. The van der Waals surface area contributed by atoms with Gasteiger partial charge in [-0.2, -0.15) is 0 Å². The number of nitrogens with zero attached hydrogens (tertiary/aromatic N) is 1. The van der Waals surface area contributed by atoms with Gasteiger partial charge in [0, 0.05) is 6.72 Å². The minimum atomic E-state index is -2.16. The van der Waals surface area contributed by atoms with E-state index in [-0.39, 0.29) is 0 Å². The molecule has 0 bridgehead atoms. The van der Waals surface area contributed by atoms with Crippen molar-refractivity contribution in [3.8, 4) is 11.8 Å². The molecular formula is C5H11N5O2. The third-order valence-corrected chi connectivity index (χ3v) is 0.674. The van der Waals surface area contributed by atoms with Crippen LogP contribution in [0.4, 0.5) is 0 Å². The molecule has 0 amide bonds. The molecule has 0 rings (SSSR count). The summed E-state index contributed by atoms with van der Waals surface area (Å²) in [6.45, 7) is 2.97. The Labute approximate surface area is 69.3 Å². The molecule has 0 fully saturated rings. The van der Waals surface area contributed by atoms with E-state index in [2.05, 4.69) is 16.7 Å². The molecule has 0 aliphatic rings. The van der Waals surface area contributed by atoms with Crippen molar-refractivity contribution < 1.29 is 9.94 Å². The number of hydrogen-bond acceptors (Lipinski definition) is 7. The molecule has 0 saturated heterocycles. The highest BCUT2D eigenvalue weighted by Crippen LogP contribution is 1.91. The van der Waals surface area contributed by atoms with Crippen molar-refractivity contribution in [2.45, 2.75) is 11.7 Å². The van der Waals surface area contributed by atoms with Gasteiger partial charge in [0.1, 0.15) is 0 Å². The smallest absolute Gasteiger partial charge is 0.302 e. The fourth-order valence-electron chi connectivity index (χ4n) is 0.327. The topological polar surface area (TPSA) is 146 Å². The minimum Gasteiger partial charge on any atom is -0.353 e. The number of nitrogens with two attached hydrogens (primary N) is 4. The average molecular weight is 173 g/mol. The third-order valence-electron chi connectivity index (χ3n) is 0.674. The lowest BCUT2D eigenvalue weighted by molar-refractivity contribution is 0.0134. The molecule has 0 unspecified atom stereocenters. The van der Waals surface area contributed by atoms with Gasteiger partial charge >= 0.3 is 5.85 Å². The van der Waals surface area contributed by atoms with E-state index in [9.17, 15) is 0 Å². The number of hydrogen-bond donors (Lipinski definition) is 5. The van der Waals surface area contributed by atoms with Gasteiger partial charge in [-0.1, -0.05) is 5.16 Å². The summed E-state index contributed by atoms with van der Waals surface area (Å²) in [7, 11) is 0. The molecule has 7 nitrogen and oxygen atoms in total. The first kappa shape index (κ1) is 10.8. The summed E-state index contributed by atoms with van der Waals surface area (Å²) in [5.74, 6) is -0.0162. The molecule has 0 spiro atoms. The lowest BCUT2D eigenvalue weighted by Gasteiger charge is -2.15. The predicted molar refractivity (Wildman–Crippen MR) is 42.8 cm³/mol. The van der Waals surface area contributed by atoms with Crippen LogP contribution in [-0.4, -0.2) is 23.5 Å². The van der Waals surface area contributed by atoms with Gasteiger partial charge in [0.25, 0.3) is 0 Å². The van der Waals surface area contributed by atoms with Crippen LogP contribution >= 0.6 is 0 Å². The Kier molecular flexibility index (Phi) is 3.15. The van der Waals surface area contributed by atoms with Gasteiger partial charge in [-0.3, -0.25) is 22.9 Å². The minimum absolute atomic E-state index is 1.85. The van der Waals surface area contributed by atoms with Crippen LogP contribution in [0.5, 0.6) is 0 Å². The highest BCUT2D eigenvalue weighted by molar-refractivity contribution is 5.22. The summed E-state index contributed by atoms with van der Waals surface area (Å²) in [5, 5.41) is 11.7. The summed E-state index contributed by atoms with van der Waals surface area (Å²) in [6, 6.07) is 0. The van der Waals surface area contributed by atoms with Crippen molar-refractivity contribution >= 4 is 6.72 Å². The van der Waals surface area contributed by atoms with Crippen LogP contribution in [0.1, 0.15) is 0 Å². The Balaban J connectivity index is 4.37. The van der Waals surface area contributed by atoms with Crippen molar-refractivity contribution in [1.82, 2.24) is 0 Å². The van der Waals surface area contributed by atoms with Crippen LogP contribution < -0.4 is 22.9 Å². The summed E-state index contributed by atoms with van der Waals surface area (Å²) >= 11 is 0. The van der Waals surface area contributed by atoms with Crippen LogP contribution in [0.3, 0.4) is 0 Å². The van der Waals surface area contributed by atoms with E-state index in [4.69, 9.17) is 28.0 Å². The van der Waals surface area contributed by atoms with Gasteiger partial charge in [0.2, 0.25) is 5.85 Å². The van der Waals surface area contributed by atoms with E-state index in [1.165, 1.54) is 0 Å². The molecule has 12 heavy (non-hydrogen) atoms. The lowest BCUT2D eigenvalue weighted by atomic mass is 10.4. The van der Waals surface area contributed by atoms with Crippen molar-refractivity contribution in [1.29, 1.82) is 0 Å². The molecule has 0 radical (unpaired) electrons. The van der Waals surface area contributed by atoms with Crippen molar-refractivity contribution in [3.05, 3.63) is 0 Å². The first-order valence-electron chi connectivity index (χ1n) is 2.83. The number of aliphatic hydroxyl groups is 1. The van der Waals surface area contributed by atoms with Gasteiger partial charge in [-0.15, -0.1) is 0 Å². The quantitative estimate of drug-likeness (QED) is 0.128. The summed E-state index contributed by atoms with van der Waals surface area (Å²) in [4.78, 5) is 4.30. The molecule has 0 atom stereocenters. The predicted octanol–water partition coefficient (Wildman–Crippen LogP) is -3.24. The van der Waals surface area contributed by atoms with Gasteiger partial charge in [0.15, 0.2) is 0 Å². The molecule has 0 saturated carbocycles. The van der Waals surface area contributed by atoms with E-state index < -0.39 is 11.7 Å². The summed E-state index contributed by atoms with van der Waals surface area (Å²) < 4.78 is 0. The number of rotatable bonds is 2. The Morgan fingerprint density at radius 3 is 2.08 bits per heavy atom. The average Bonchev–Trinajstić information content (AvgIpc) is 1.83. The van der Waals surface area contributed by atoms with Crippen LogP contribution in [0.15, 0.2) is 5.16 Å². The van der Waals surface area contributed by atoms with Gasteiger partial charge in [-0.05, 0) is 11.8 Å². The van der Waals surface area contributed by atoms with Crippen LogP contribution in [0, 0.1) is 11.8 Å². The van der Waals surface area contributed by atoms with Crippen LogP contribution in [-0.2, 0) is 4.84 Å². The molecule has 0 aliphatic heterocycles. The van der Waals surface area contributed by atoms with E-state index >= 15 is 0 Å². The molecule has 68 valence electrons. The molecule has 0 aromatic rings. The maximum absolute atomic E-state index is 8.72. The Bertz CT molecular complexity index is 220. The second-order valence-electron chi connectivity index (χ2n) is 2.09. The SMILES string of the molecule is C=NOC(N)(N)C#CC(N)(N)O. The fourth-order valence-corrected chi connectivity index (χ4v) is 0.327. The highest BCUT2D eigenvalue weighted by atomic mass is 16.7. The standard InChI is InChI=1S/C5H11N5O2/c1-10-12-5(8,9)3-2-4(6,7)11/h11H,1,6-9H2. The lowest BCUT2D eigenvalue weighted by Crippen LogP contribution is -2.52. The molecule has 0 heterocycles. The second kappa shape index (κ2) is 3.48. The Morgan fingerprint density at radius 1 is 1.25 bits per heavy atom. The molecular weight excluding hydrogens is 162 g/mol. The van der Waals surface area contributed by atoms with Gasteiger partial charge in [0.05, 0.1) is 0 Å². The second-order valence-corrected chi connectivity index (χ2v) is 2.09. The fraction of sp³-hybridized carbons (Fsp3) is 0.400. The van der Waals surface area contributed by atoms with Crippen molar-refractivity contribution in [2.24, 2.45) is 28.1 Å². The third kappa shape index (κ3) is 5.60. The first-order chi connectivity index (χ1) is 5.27. The van der Waals surface area contributed by atoms with Gasteiger partial charge < -0.3 is 9.94 Å². The van der Waals surface area contributed by atoms with E-state index in [1.54, 1.807) is 0 Å². The highest BCUT2D eigenvalue weighted by Gasteiger charge is 2.18. The summed E-state index contributed by atoms with van der Waals surface area (Å²) in [6.07, 6.45) is 0. The van der Waals surface area contributed by atoms with Crippen LogP contribution in [0.2, 0.25) is 0 Å². The number of oxime groups is 1. The molecule has 0 aromatic heterocycles. The Morgan fingerprint density at radius 2 is 1.75 bits per heavy atom. The van der Waals surface area contributed by atoms with E-state index in [1.807, 2.05) is 11.8 Å². The zero-order valence-corrected chi connectivity index (χ0v) is 6.32. The zero-order valence-electron chi connectivity index (χ0n) is 6.32. The monoisotopic (exact) mass is 173 g/mol. The van der Waals surface area contributed by atoms with E-state index in [0.717, 1.165) is 0 Å². The van der Waals surface area contributed by atoms with Crippen molar-refractivity contribution in [2.75, 3.05) is 0 Å². The maximum atomic E-state index is 8.72.